The average Bonchev–Trinajstić information content (AvgIpc) is 3.48. The van der Waals surface area contributed by atoms with Crippen molar-refractivity contribution in [3.63, 3.8) is 0 Å². The zero-order valence-corrected chi connectivity index (χ0v) is 25.3. The van der Waals surface area contributed by atoms with Gasteiger partial charge in [0, 0.05) is 34.0 Å². The molecule has 0 unspecified atom stereocenters. The molecule has 7 nitrogen and oxygen atoms in total. The second-order valence-corrected chi connectivity index (χ2v) is 12.4. The lowest BCUT2D eigenvalue weighted by Gasteiger charge is -2.52. The molecule has 0 saturated carbocycles. The minimum Gasteiger partial charge on any atom is -0.497 e. The molecular formula is C35H30BrN3O4. The van der Waals surface area contributed by atoms with E-state index in [4.69, 9.17) is 4.74 Å². The van der Waals surface area contributed by atoms with E-state index in [1.54, 1.807) is 24.1 Å². The van der Waals surface area contributed by atoms with Gasteiger partial charge in [0.05, 0.1) is 25.0 Å². The lowest BCUT2D eigenvalue weighted by atomic mass is 9.64. The smallest absolute Gasteiger partial charge is 0.237 e. The SMILES string of the molecule is COc1ccc(N2C(=O)[C@@H](c3ccccc3)[C@H]2[C@@H]2[C@@H](C(=O)c3ccc(Br)cc3)[C@]3(CN2C)C(=O)Nc2ccccc23)cc1. The van der Waals surface area contributed by atoms with Crippen LogP contribution in [0.4, 0.5) is 11.4 Å². The molecule has 8 heteroatoms. The summed E-state index contributed by atoms with van der Waals surface area (Å²) in [7, 11) is 3.57. The predicted molar refractivity (Wildman–Crippen MR) is 169 cm³/mol. The van der Waals surface area contributed by atoms with Crippen molar-refractivity contribution in [2.24, 2.45) is 5.92 Å². The predicted octanol–water partition coefficient (Wildman–Crippen LogP) is 5.66. The van der Waals surface area contributed by atoms with E-state index in [0.717, 1.165) is 27.0 Å². The summed E-state index contributed by atoms with van der Waals surface area (Å²) < 4.78 is 6.23. The molecular weight excluding hydrogens is 606 g/mol. The fourth-order valence-corrected chi connectivity index (χ4v) is 7.74. The summed E-state index contributed by atoms with van der Waals surface area (Å²) in [6.07, 6.45) is 0. The molecule has 0 bridgehead atoms. The van der Waals surface area contributed by atoms with Gasteiger partial charge in [0.15, 0.2) is 5.78 Å². The summed E-state index contributed by atoms with van der Waals surface area (Å²) in [6, 6.07) is 31.2. The topological polar surface area (TPSA) is 79.0 Å². The molecule has 7 rings (SSSR count). The van der Waals surface area contributed by atoms with Crippen LogP contribution in [-0.2, 0) is 15.0 Å². The fourth-order valence-electron chi connectivity index (χ4n) is 7.48. The van der Waals surface area contributed by atoms with Crippen LogP contribution in [0.5, 0.6) is 5.75 Å². The van der Waals surface area contributed by atoms with Gasteiger partial charge in [-0.2, -0.15) is 0 Å². The van der Waals surface area contributed by atoms with Crippen molar-refractivity contribution in [1.82, 2.24) is 4.90 Å². The van der Waals surface area contributed by atoms with Crippen molar-refractivity contribution in [2.75, 3.05) is 30.9 Å². The summed E-state index contributed by atoms with van der Waals surface area (Å²) in [5.41, 5.74) is 2.58. The maximum atomic E-state index is 14.8. The first-order valence-corrected chi connectivity index (χ1v) is 15.1. The van der Waals surface area contributed by atoms with Crippen molar-refractivity contribution in [2.45, 2.75) is 23.4 Å². The summed E-state index contributed by atoms with van der Waals surface area (Å²) in [4.78, 5) is 46.9. The second kappa shape index (κ2) is 10.5. The molecule has 3 aliphatic rings. The molecule has 0 aromatic heterocycles. The van der Waals surface area contributed by atoms with E-state index >= 15 is 0 Å². The number of Topliss-reactive ketones (excluding diaryl/α,β-unsaturated/α-hetero) is 1. The first-order chi connectivity index (χ1) is 20.8. The molecule has 43 heavy (non-hydrogen) atoms. The summed E-state index contributed by atoms with van der Waals surface area (Å²) in [5.74, 6) is -0.890. The number of ketones is 1. The number of likely N-dealkylation sites (N-methyl/N-ethyl adjacent to an activating group) is 1. The Morgan fingerprint density at radius 2 is 1.56 bits per heavy atom. The zero-order valence-electron chi connectivity index (χ0n) is 23.7. The number of rotatable bonds is 6. The van der Waals surface area contributed by atoms with Crippen molar-refractivity contribution >= 4 is 44.9 Å². The Balaban J connectivity index is 1.42. The van der Waals surface area contributed by atoms with Gasteiger partial charge in [-0.1, -0.05) is 76.6 Å². The molecule has 216 valence electrons. The molecule has 5 atom stereocenters. The second-order valence-electron chi connectivity index (χ2n) is 11.5. The molecule has 4 aromatic carbocycles. The van der Waals surface area contributed by atoms with Crippen molar-refractivity contribution in [1.29, 1.82) is 0 Å². The van der Waals surface area contributed by atoms with E-state index in [-0.39, 0.29) is 17.6 Å². The summed E-state index contributed by atoms with van der Waals surface area (Å²) in [6.45, 7) is 0.343. The van der Waals surface area contributed by atoms with E-state index in [9.17, 15) is 14.4 Å². The summed E-state index contributed by atoms with van der Waals surface area (Å²) >= 11 is 3.48. The molecule has 2 saturated heterocycles. The number of β-lactam (4-membered cyclic amide) rings is 1. The minimum absolute atomic E-state index is 0.0400. The number of nitrogens with zero attached hydrogens (tertiary/aromatic N) is 2. The van der Waals surface area contributed by atoms with Crippen LogP contribution < -0.4 is 15.0 Å². The van der Waals surface area contributed by atoms with Gasteiger partial charge in [-0.25, -0.2) is 0 Å². The number of anilines is 2. The standard InChI is InChI=1S/C35H30BrN3O4/c1-38-20-35(26-10-6-7-11-27(26)37-34(35)42)29(32(40)22-12-14-23(36)15-13-22)31(38)30-28(21-8-4-3-5-9-21)33(41)39(30)24-16-18-25(43-2)19-17-24/h3-19,28-31H,20H2,1-2H3,(H,37,42)/t28-,29-,30-,31-,35+/m0/s1. The Morgan fingerprint density at radius 3 is 2.26 bits per heavy atom. The molecule has 3 aliphatic heterocycles. The molecule has 2 fully saturated rings. The van der Waals surface area contributed by atoms with Crippen molar-refractivity contribution < 1.29 is 19.1 Å². The molecule has 4 aromatic rings. The number of carbonyl (C=O) groups excluding carboxylic acids is 3. The number of para-hydroxylation sites is 1. The van der Waals surface area contributed by atoms with Crippen LogP contribution in [0, 0.1) is 5.92 Å². The maximum Gasteiger partial charge on any atom is 0.237 e. The number of carbonyl (C=O) groups is 3. The highest BCUT2D eigenvalue weighted by atomic mass is 79.9. The average molecular weight is 637 g/mol. The molecule has 3 heterocycles. The first kappa shape index (κ1) is 27.6. The number of halogens is 1. The third-order valence-electron chi connectivity index (χ3n) is 9.35. The number of hydrogen-bond acceptors (Lipinski definition) is 5. The molecule has 0 aliphatic carbocycles. The van der Waals surface area contributed by atoms with Crippen molar-refractivity contribution in [3.8, 4) is 5.75 Å². The molecule has 2 amide bonds. The van der Waals surface area contributed by atoms with Crippen LogP contribution in [0.15, 0.2) is 108 Å². The van der Waals surface area contributed by atoms with Crippen LogP contribution in [0.1, 0.15) is 27.4 Å². The Morgan fingerprint density at radius 1 is 0.884 bits per heavy atom. The number of hydrogen-bond donors (Lipinski definition) is 1. The largest absolute Gasteiger partial charge is 0.497 e. The van der Waals surface area contributed by atoms with Gasteiger partial charge in [0.1, 0.15) is 11.2 Å². The molecule has 1 N–H and O–H groups in total. The van der Waals surface area contributed by atoms with Gasteiger partial charge in [-0.3, -0.25) is 19.3 Å². The van der Waals surface area contributed by atoms with Gasteiger partial charge in [-0.15, -0.1) is 0 Å². The fraction of sp³-hybridized carbons (Fsp3) is 0.229. The van der Waals surface area contributed by atoms with E-state index in [2.05, 4.69) is 26.1 Å². The Labute approximate surface area is 258 Å². The van der Waals surface area contributed by atoms with Crippen LogP contribution >= 0.6 is 15.9 Å². The highest BCUT2D eigenvalue weighted by molar-refractivity contribution is 9.10. The number of ether oxygens (including phenoxy) is 1. The Bertz CT molecular complexity index is 1730. The molecule has 1 spiro atoms. The van der Waals surface area contributed by atoms with Gasteiger partial charge in [0.2, 0.25) is 11.8 Å². The van der Waals surface area contributed by atoms with Crippen molar-refractivity contribution in [3.05, 3.63) is 124 Å². The minimum atomic E-state index is -1.12. The quantitative estimate of drug-likeness (QED) is 0.218. The molecule has 0 radical (unpaired) electrons. The number of nitrogens with one attached hydrogen (secondary N) is 1. The van der Waals surface area contributed by atoms with E-state index in [0.29, 0.717) is 17.9 Å². The lowest BCUT2D eigenvalue weighted by molar-refractivity contribution is -0.127. The monoisotopic (exact) mass is 635 g/mol. The number of likely N-dealkylation sites (tertiary alicyclic amines) is 1. The number of methoxy groups -OCH3 is 1. The number of fused-ring (bicyclic) bond motifs is 2. The first-order valence-electron chi connectivity index (χ1n) is 14.3. The van der Waals surface area contributed by atoms with E-state index in [1.807, 2.05) is 98.0 Å². The number of amides is 2. The third kappa shape index (κ3) is 4.15. The summed E-state index contributed by atoms with van der Waals surface area (Å²) in [5, 5.41) is 3.08. The van der Waals surface area contributed by atoms with Gasteiger partial charge in [-0.05, 0) is 60.6 Å². The van der Waals surface area contributed by atoms with Gasteiger partial charge >= 0.3 is 0 Å². The van der Waals surface area contributed by atoms with Crippen LogP contribution in [0.3, 0.4) is 0 Å². The third-order valence-corrected chi connectivity index (χ3v) is 9.88. The Kier molecular flexibility index (Phi) is 6.71. The van der Waals surface area contributed by atoms with E-state index < -0.39 is 29.3 Å². The Hall–Kier alpha value is -4.27. The van der Waals surface area contributed by atoms with Gasteiger partial charge < -0.3 is 15.0 Å². The maximum absolute atomic E-state index is 14.8. The highest BCUT2D eigenvalue weighted by Gasteiger charge is 2.68. The van der Waals surface area contributed by atoms with Crippen LogP contribution in [-0.4, -0.2) is 55.3 Å². The van der Waals surface area contributed by atoms with E-state index in [1.165, 1.54) is 0 Å². The zero-order chi connectivity index (χ0) is 29.9. The number of benzene rings is 4. The van der Waals surface area contributed by atoms with Gasteiger partial charge in [0.25, 0.3) is 0 Å². The lowest BCUT2D eigenvalue weighted by Crippen LogP contribution is -2.68. The van der Waals surface area contributed by atoms with Crippen LogP contribution in [0.2, 0.25) is 0 Å². The highest BCUT2D eigenvalue weighted by Crippen LogP contribution is 2.55. The van der Waals surface area contributed by atoms with Crippen LogP contribution in [0.25, 0.3) is 0 Å². The normalized spacial score (nSPS) is 26.3.